The largest absolute Gasteiger partial charge is 0.497 e. The number of ether oxygens (including phenoxy) is 2. The van der Waals surface area contributed by atoms with Gasteiger partial charge in [0.15, 0.2) is 0 Å². The highest BCUT2D eigenvalue weighted by Crippen LogP contribution is 2.41. The van der Waals surface area contributed by atoms with Crippen molar-refractivity contribution in [2.75, 3.05) is 34.3 Å². The highest BCUT2D eigenvalue weighted by molar-refractivity contribution is 7.86. The van der Waals surface area contributed by atoms with Crippen LogP contribution in [0.15, 0.2) is 18.2 Å². The van der Waals surface area contributed by atoms with Gasteiger partial charge >= 0.3 is 0 Å². The van der Waals surface area contributed by atoms with Crippen molar-refractivity contribution in [2.45, 2.75) is 44.8 Å². The van der Waals surface area contributed by atoms with E-state index in [2.05, 4.69) is 5.32 Å². The Labute approximate surface area is 173 Å². The van der Waals surface area contributed by atoms with Crippen LogP contribution in [0.2, 0.25) is 0 Å². The maximum absolute atomic E-state index is 12.9. The SMILES string of the molecule is COc1ccc2c(c1)OC(C)(C)C[C@@H]2NC(=O)C1CCN(S(=O)(=O)N(C)C)CC1. The van der Waals surface area contributed by atoms with Crippen LogP contribution < -0.4 is 14.8 Å². The van der Waals surface area contributed by atoms with Crippen LogP contribution in [0.5, 0.6) is 11.5 Å². The number of benzene rings is 1. The third-order valence-corrected chi connectivity index (χ3v) is 7.55. The summed E-state index contributed by atoms with van der Waals surface area (Å²) in [6.07, 6.45) is 1.69. The molecule has 9 heteroatoms. The van der Waals surface area contributed by atoms with E-state index < -0.39 is 15.8 Å². The predicted octanol–water partition coefficient (Wildman–Crippen LogP) is 1.93. The molecule has 1 amide bonds. The molecule has 1 fully saturated rings. The summed E-state index contributed by atoms with van der Waals surface area (Å²) in [6, 6.07) is 5.49. The van der Waals surface area contributed by atoms with Crippen molar-refractivity contribution in [1.82, 2.24) is 13.9 Å². The average molecular weight is 426 g/mol. The predicted molar refractivity (Wildman–Crippen MR) is 110 cm³/mol. The summed E-state index contributed by atoms with van der Waals surface area (Å²) in [5.41, 5.74) is 0.520. The Morgan fingerprint density at radius 1 is 1.28 bits per heavy atom. The lowest BCUT2D eigenvalue weighted by Gasteiger charge is -2.39. The van der Waals surface area contributed by atoms with Gasteiger partial charge in [-0.3, -0.25) is 4.79 Å². The van der Waals surface area contributed by atoms with E-state index in [0.717, 1.165) is 11.3 Å². The molecule has 29 heavy (non-hydrogen) atoms. The molecule has 2 heterocycles. The number of carbonyl (C=O) groups is 1. The molecule has 0 aliphatic carbocycles. The van der Waals surface area contributed by atoms with Crippen LogP contribution in [-0.4, -0.2) is 62.8 Å². The van der Waals surface area contributed by atoms with Crippen LogP contribution in [0, 0.1) is 5.92 Å². The van der Waals surface area contributed by atoms with Crippen LogP contribution in [0.3, 0.4) is 0 Å². The molecule has 162 valence electrons. The van der Waals surface area contributed by atoms with Crippen molar-refractivity contribution >= 4 is 16.1 Å². The van der Waals surface area contributed by atoms with Crippen LogP contribution in [0.1, 0.15) is 44.7 Å². The van der Waals surface area contributed by atoms with Crippen LogP contribution in [0.4, 0.5) is 0 Å². The summed E-state index contributed by atoms with van der Waals surface area (Å²) in [4.78, 5) is 12.9. The number of amides is 1. The minimum Gasteiger partial charge on any atom is -0.497 e. The standard InChI is InChI=1S/C20H31N3O5S/c1-20(2)13-17(16-7-6-15(27-5)12-18(16)28-20)21-19(24)14-8-10-23(11-9-14)29(25,26)22(3)4/h6-7,12,14,17H,8-11,13H2,1-5H3,(H,21,24)/t17-/m0/s1. The summed E-state index contributed by atoms with van der Waals surface area (Å²) in [5.74, 6) is 1.20. The highest BCUT2D eigenvalue weighted by atomic mass is 32.2. The van der Waals surface area contributed by atoms with Crippen molar-refractivity contribution in [3.05, 3.63) is 23.8 Å². The second-order valence-corrected chi connectivity index (χ2v) is 10.6. The lowest BCUT2D eigenvalue weighted by atomic mass is 9.88. The summed E-state index contributed by atoms with van der Waals surface area (Å²) in [7, 11) is 1.22. The number of carbonyl (C=O) groups excluding carboxylic acids is 1. The first-order valence-electron chi connectivity index (χ1n) is 9.88. The van der Waals surface area contributed by atoms with E-state index in [4.69, 9.17) is 9.47 Å². The van der Waals surface area contributed by atoms with Gasteiger partial charge in [0.2, 0.25) is 5.91 Å². The van der Waals surface area contributed by atoms with E-state index in [1.54, 1.807) is 7.11 Å². The molecule has 2 aliphatic heterocycles. The minimum absolute atomic E-state index is 0.0311. The van der Waals surface area contributed by atoms with Gasteiger partial charge in [-0.15, -0.1) is 0 Å². The van der Waals surface area contributed by atoms with Gasteiger partial charge < -0.3 is 14.8 Å². The molecule has 1 N–H and O–H groups in total. The lowest BCUT2D eigenvalue weighted by Crippen LogP contribution is -2.48. The number of hydrogen-bond donors (Lipinski definition) is 1. The second-order valence-electron chi connectivity index (χ2n) is 8.49. The molecule has 1 aromatic carbocycles. The molecule has 0 bridgehead atoms. The molecular weight excluding hydrogens is 394 g/mol. The maximum atomic E-state index is 12.9. The van der Waals surface area contributed by atoms with Crippen molar-refractivity contribution < 1.29 is 22.7 Å². The molecule has 1 saturated heterocycles. The Bertz CT molecular complexity index is 861. The molecule has 3 rings (SSSR count). The van der Waals surface area contributed by atoms with E-state index in [1.807, 2.05) is 32.0 Å². The molecular formula is C20H31N3O5S. The molecule has 0 spiro atoms. The maximum Gasteiger partial charge on any atom is 0.281 e. The Balaban J connectivity index is 1.69. The quantitative estimate of drug-likeness (QED) is 0.779. The third kappa shape index (κ3) is 4.67. The summed E-state index contributed by atoms with van der Waals surface area (Å²) in [6.45, 7) is 4.70. The first-order valence-corrected chi connectivity index (χ1v) is 11.3. The second kappa shape index (κ2) is 8.12. The van der Waals surface area contributed by atoms with Gasteiger partial charge in [-0.2, -0.15) is 17.0 Å². The number of piperidine rings is 1. The van der Waals surface area contributed by atoms with Crippen LogP contribution in [0.25, 0.3) is 0 Å². The molecule has 0 radical (unpaired) electrons. The fraction of sp³-hybridized carbons (Fsp3) is 0.650. The molecule has 0 saturated carbocycles. The number of methoxy groups -OCH3 is 1. The highest BCUT2D eigenvalue weighted by Gasteiger charge is 2.37. The lowest BCUT2D eigenvalue weighted by molar-refractivity contribution is -0.127. The van der Waals surface area contributed by atoms with Crippen LogP contribution in [-0.2, 0) is 15.0 Å². The van der Waals surface area contributed by atoms with E-state index in [-0.39, 0.29) is 17.9 Å². The van der Waals surface area contributed by atoms with Crippen LogP contribution >= 0.6 is 0 Å². The van der Waals surface area contributed by atoms with E-state index in [1.165, 1.54) is 22.7 Å². The molecule has 0 unspecified atom stereocenters. The fourth-order valence-electron chi connectivity index (χ4n) is 3.96. The first kappa shape index (κ1) is 21.9. The fourth-order valence-corrected chi connectivity index (χ4v) is 5.09. The van der Waals surface area contributed by atoms with E-state index in [0.29, 0.717) is 38.1 Å². The third-order valence-electron chi connectivity index (χ3n) is 5.61. The normalized spacial score (nSPS) is 22.6. The zero-order chi connectivity index (χ0) is 21.4. The zero-order valence-corrected chi connectivity index (χ0v) is 18.6. The van der Waals surface area contributed by atoms with Gasteiger partial charge in [0.1, 0.15) is 17.1 Å². The molecule has 0 aromatic heterocycles. The van der Waals surface area contributed by atoms with E-state index >= 15 is 0 Å². The number of rotatable bonds is 5. The molecule has 8 nitrogen and oxygen atoms in total. The van der Waals surface area contributed by atoms with Crippen molar-refractivity contribution in [2.24, 2.45) is 5.92 Å². The summed E-state index contributed by atoms with van der Waals surface area (Å²) in [5, 5.41) is 3.18. The first-order chi connectivity index (χ1) is 13.5. The van der Waals surface area contributed by atoms with Gasteiger partial charge in [-0.25, -0.2) is 0 Å². The van der Waals surface area contributed by atoms with Gasteiger partial charge in [0.25, 0.3) is 10.2 Å². The Morgan fingerprint density at radius 2 is 1.93 bits per heavy atom. The molecule has 1 atom stereocenters. The Hall–Kier alpha value is -1.84. The zero-order valence-electron chi connectivity index (χ0n) is 17.8. The average Bonchev–Trinajstić information content (AvgIpc) is 2.66. The molecule has 2 aliphatic rings. The summed E-state index contributed by atoms with van der Waals surface area (Å²) < 4.78 is 38.6. The van der Waals surface area contributed by atoms with Gasteiger partial charge in [-0.1, -0.05) is 0 Å². The number of fused-ring (bicyclic) bond motifs is 1. The van der Waals surface area contributed by atoms with Crippen molar-refractivity contribution in [1.29, 1.82) is 0 Å². The van der Waals surface area contributed by atoms with Crippen molar-refractivity contribution in [3.8, 4) is 11.5 Å². The number of nitrogens with one attached hydrogen (secondary N) is 1. The Morgan fingerprint density at radius 3 is 2.52 bits per heavy atom. The topological polar surface area (TPSA) is 88.2 Å². The summed E-state index contributed by atoms with van der Waals surface area (Å²) >= 11 is 0. The molecule has 1 aromatic rings. The smallest absolute Gasteiger partial charge is 0.281 e. The Kier molecular flexibility index (Phi) is 6.12. The van der Waals surface area contributed by atoms with Gasteiger partial charge in [-0.05, 0) is 38.8 Å². The number of hydrogen-bond acceptors (Lipinski definition) is 5. The minimum atomic E-state index is -3.43. The van der Waals surface area contributed by atoms with E-state index in [9.17, 15) is 13.2 Å². The number of nitrogens with zero attached hydrogens (tertiary/aromatic N) is 2. The van der Waals surface area contributed by atoms with Gasteiger partial charge in [0, 0.05) is 51.2 Å². The monoisotopic (exact) mass is 425 g/mol. The van der Waals surface area contributed by atoms with Gasteiger partial charge in [0.05, 0.1) is 13.2 Å². The van der Waals surface area contributed by atoms with Crippen molar-refractivity contribution in [3.63, 3.8) is 0 Å².